The summed E-state index contributed by atoms with van der Waals surface area (Å²) < 4.78 is 0. The fourth-order valence-electron chi connectivity index (χ4n) is 3.46. The van der Waals surface area contributed by atoms with Crippen molar-refractivity contribution in [2.75, 3.05) is 0 Å². The standard InChI is InChI=1S/C25H22N2O/c1-17-12-14-20(15-13-17)24-18(2)23(21-10-6-7-11-22(21)27-24)25(28)26-16-19-8-4-3-5-9-19/h3-15H,16H2,1-2H3,(H,26,28). The molecule has 138 valence electrons. The molecular weight excluding hydrogens is 344 g/mol. The average Bonchev–Trinajstić information content (AvgIpc) is 2.73. The smallest absolute Gasteiger partial charge is 0.252 e. The van der Waals surface area contributed by atoms with Crippen LogP contribution in [-0.4, -0.2) is 10.9 Å². The quantitative estimate of drug-likeness (QED) is 0.522. The lowest BCUT2D eigenvalue weighted by atomic mass is 9.96. The zero-order chi connectivity index (χ0) is 19.5. The summed E-state index contributed by atoms with van der Waals surface area (Å²) in [7, 11) is 0. The summed E-state index contributed by atoms with van der Waals surface area (Å²) in [6.45, 7) is 4.54. The van der Waals surface area contributed by atoms with Crippen molar-refractivity contribution in [2.45, 2.75) is 20.4 Å². The average molecular weight is 366 g/mol. The molecule has 0 unspecified atom stereocenters. The van der Waals surface area contributed by atoms with Crippen molar-refractivity contribution >= 4 is 16.8 Å². The van der Waals surface area contributed by atoms with Gasteiger partial charge in [-0.2, -0.15) is 0 Å². The van der Waals surface area contributed by atoms with E-state index in [9.17, 15) is 4.79 Å². The number of para-hydroxylation sites is 1. The van der Waals surface area contributed by atoms with Gasteiger partial charge in [-0.05, 0) is 31.0 Å². The maximum atomic E-state index is 13.2. The number of fused-ring (bicyclic) bond motifs is 1. The fraction of sp³-hybridized carbons (Fsp3) is 0.120. The summed E-state index contributed by atoms with van der Waals surface area (Å²) >= 11 is 0. The highest BCUT2D eigenvalue weighted by molar-refractivity contribution is 6.08. The zero-order valence-corrected chi connectivity index (χ0v) is 16.1. The van der Waals surface area contributed by atoms with Crippen molar-refractivity contribution in [1.29, 1.82) is 0 Å². The SMILES string of the molecule is Cc1ccc(-c2nc3ccccc3c(C(=O)NCc3ccccc3)c2C)cc1. The van der Waals surface area contributed by atoms with Gasteiger partial charge in [-0.3, -0.25) is 4.79 Å². The largest absolute Gasteiger partial charge is 0.348 e. The van der Waals surface area contributed by atoms with Crippen LogP contribution >= 0.6 is 0 Å². The van der Waals surface area contributed by atoms with E-state index in [1.165, 1.54) is 5.56 Å². The highest BCUT2D eigenvalue weighted by Crippen LogP contribution is 2.29. The van der Waals surface area contributed by atoms with Gasteiger partial charge < -0.3 is 5.32 Å². The van der Waals surface area contributed by atoms with Gasteiger partial charge in [0.2, 0.25) is 0 Å². The molecule has 0 aliphatic rings. The summed E-state index contributed by atoms with van der Waals surface area (Å²) in [4.78, 5) is 18.0. The van der Waals surface area contributed by atoms with Gasteiger partial charge in [0.25, 0.3) is 5.91 Å². The van der Waals surface area contributed by atoms with Crippen LogP contribution in [0, 0.1) is 13.8 Å². The highest BCUT2D eigenvalue weighted by atomic mass is 16.1. The summed E-state index contributed by atoms with van der Waals surface area (Å²) in [5.41, 5.74) is 6.56. The molecule has 28 heavy (non-hydrogen) atoms. The molecule has 0 saturated carbocycles. The van der Waals surface area contributed by atoms with Crippen LogP contribution < -0.4 is 5.32 Å². The van der Waals surface area contributed by atoms with Crippen LogP contribution in [-0.2, 0) is 6.54 Å². The first-order valence-electron chi connectivity index (χ1n) is 9.42. The first-order valence-corrected chi connectivity index (χ1v) is 9.42. The number of amides is 1. The van der Waals surface area contributed by atoms with E-state index >= 15 is 0 Å². The van der Waals surface area contributed by atoms with Crippen molar-refractivity contribution in [2.24, 2.45) is 0 Å². The second-order valence-electron chi connectivity index (χ2n) is 7.01. The van der Waals surface area contributed by atoms with Crippen LogP contribution in [0.15, 0.2) is 78.9 Å². The number of hydrogen-bond donors (Lipinski definition) is 1. The van der Waals surface area contributed by atoms with Crippen molar-refractivity contribution in [3.63, 3.8) is 0 Å². The minimum Gasteiger partial charge on any atom is -0.348 e. The predicted octanol–water partition coefficient (Wildman–Crippen LogP) is 5.45. The Morgan fingerprint density at radius 3 is 2.29 bits per heavy atom. The number of aromatic nitrogens is 1. The van der Waals surface area contributed by atoms with Crippen LogP contribution in [0.4, 0.5) is 0 Å². The number of hydrogen-bond acceptors (Lipinski definition) is 2. The van der Waals surface area contributed by atoms with Gasteiger partial charge in [0, 0.05) is 17.5 Å². The number of benzene rings is 3. The summed E-state index contributed by atoms with van der Waals surface area (Å²) in [5, 5.41) is 3.95. The highest BCUT2D eigenvalue weighted by Gasteiger charge is 2.18. The van der Waals surface area contributed by atoms with E-state index in [-0.39, 0.29) is 5.91 Å². The van der Waals surface area contributed by atoms with Crippen LogP contribution in [0.25, 0.3) is 22.2 Å². The number of carbonyl (C=O) groups excluding carboxylic acids is 1. The molecule has 3 heteroatoms. The molecule has 0 aliphatic carbocycles. The number of rotatable bonds is 4. The molecule has 0 fully saturated rings. The summed E-state index contributed by atoms with van der Waals surface area (Å²) in [5.74, 6) is -0.0756. The minimum atomic E-state index is -0.0756. The molecule has 0 bridgehead atoms. The third-order valence-electron chi connectivity index (χ3n) is 4.98. The Kier molecular flexibility index (Phi) is 4.90. The molecule has 0 spiro atoms. The molecule has 0 atom stereocenters. The van der Waals surface area contributed by atoms with Crippen molar-refractivity contribution < 1.29 is 4.79 Å². The topological polar surface area (TPSA) is 42.0 Å². The molecule has 1 aromatic heterocycles. The number of nitrogens with one attached hydrogen (secondary N) is 1. The Hall–Kier alpha value is -3.46. The normalized spacial score (nSPS) is 10.8. The van der Waals surface area contributed by atoms with E-state index in [4.69, 9.17) is 4.98 Å². The van der Waals surface area contributed by atoms with E-state index < -0.39 is 0 Å². The van der Waals surface area contributed by atoms with Gasteiger partial charge >= 0.3 is 0 Å². The second-order valence-corrected chi connectivity index (χ2v) is 7.01. The monoisotopic (exact) mass is 366 g/mol. The van der Waals surface area contributed by atoms with Gasteiger partial charge in [-0.25, -0.2) is 4.98 Å². The lowest BCUT2D eigenvalue weighted by Crippen LogP contribution is -2.24. The molecule has 0 saturated heterocycles. The van der Waals surface area contributed by atoms with Crippen molar-refractivity contribution in [1.82, 2.24) is 10.3 Å². The van der Waals surface area contributed by atoms with Gasteiger partial charge in [0.1, 0.15) is 0 Å². The number of nitrogens with zero attached hydrogens (tertiary/aromatic N) is 1. The maximum Gasteiger partial charge on any atom is 0.252 e. The molecule has 1 heterocycles. The Bertz CT molecular complexity index is 1130. The van der Waals surface area contributed by atoms with E-state index in [1.54, 1.807) is 0 Å². The number of aryl methyl sites for hydroxylation is 1. The summed E-state index contributed by atoms with van der Waals surface area (Å²) in [6, 6.07) is 26.0. The van der Waals surface area contributed by atoms with Gasteiger partial charge in [-0.1, -0.05) is 78.4 Å². The van der Waals surface area contributed by atoms with Crippen molar-refractivity contribution in [3.8, 4) is 11.3 Å². The van der Waals surface area contributed by atoms with Gasteiger partial charge in [0.15, 0.2) is 0 Å². The first-order chi connectivity index (χ1) is 13.6. The van der Waals surface area contributed by atoms with Crippen LogP contribution in [0.5, 0.6) is 0 Å². The molecule has 3 nitrogen and oxygen atoms in total. The molecule has 0 radical (unpaired) electrons. The van der Waals surface area contributed by atoms with Gasteiger partial charge in [-0.15, -0.1) is 0 Å². The van der Waals surface area contributed by atoms with E-state index in [1.807, 2.05) is 61.5 Å². The Balaban J connectivity index is 1.78. The Labute approximate surface area is 165 Å². The number of carbonyl (C=O) groups is 1. The van der Waals surface area contributed by atoms with E-state index in [2.05, 4.69) is 36.5 Å². The fourth-order valence-corrected chi connectivity index (χ4v) is 3.46. The Morgan fingerprint density at radius 1 is 0.857 bits per heavy atom. The van der Waals surface area contributed by atoms with Crippen molar-refractivity contribution in [3.05, 3.63) is 101 Å². The first kappa shape index (κ1) is 17.9. The molecule has 4 aromatic rings. The number of pyridine rings is 1. The van der Waals surface area contributed by atoms with Crippen LogP contribution in [0.1, 0.15) is 27.0 Å². The third-order valence-corrected chi connectivity index (χ3v) is 4.98. The predicted molar refractivity (Wildman–Crippen MR) is 114 cm³/mol. The molecule has 3 aromatic carbocycles. The van der Waals surface area contributed by atoms with Gasteiger partial charge in [0.05, 0.1) is 16.8 Å². The van der Waals surface area contributed by atoms with E-state index in [0.717, 1.165) is 33.3 Å². The molecule has 1 N–H and O–H groups in total. The second kappa shape index (κ2) is 7.65. The minimum absolute atomic E-state index is 0.0756. The van der Waals surface area contributed by atoms with Crippen LogP contribution in [0.2, 0.25) is 0 Å². The molecule has 0 aliphatic heterocycles. The summed E-state index contributed by atoms with van der Waals surface area (Å²) in [6.07, 6.45) is 0. The molecule has 4 rings (SSSR count). The molecule has 1 amide bonds. The zero-order valence-electron chi connectivity index (χ0n) is 16.1. The van der Waals surface area contributed by atoms with Crippen LogP contribution in [0.3, 0.4) is 0 Å². The Morgan fingerprint density at radius 2 is 1.54 bits per heavy atom. The maximum absolute atomic E-state index is 13.2. The molecular formula is C25H22N2O. The lowest BCUT2D eigenvalue weighted by Gasteiger charge is -2.15. The van der Waals surface area contributed by atoms with E-state index in [0.29, 0.717) is 12.1 Å². The lowest BCUT2D eigenvalue weighted by molar-refractivity contribution is 0.0952. The third kappa shape index (κ3) is 3.52.